The molecule has 0 atom stereocenters. The van der Waals surface area contributed by atoms with Crippen LogP contribution in [-0.4, -0.2) is 34.9 Å². The van der Waals surface area contributed by atoms with Crippen molar-refractivity contribution in [2.24, 2.45) is 7.05 Å². The van der Waals surface area contributed by atoms with Crippen LogP contribution in [0.3, 0.4) is 0 Å². The minimum absolute atomic E-state index is 0.00789. The van der Waals surface area contributed by atoms with Crippen LogP contribution in [-0.2, 0) is 23.5 Å². The van der Waals surface area contributed by atoms with E-state index in [-0.39, 0.29) is 16.2 Å². The van der Waals surface area contributed by atoms with Gasteiger partial charge in [-0.3, -0.25) is 4.98 Å². The summed E-state index contributed by atoms with van der Waals surface area (Å²) in [5, 5.41) is 7.29. The molecule has 0 fully saturated rings. The average Bonchev–Trinajstić information content (AvgIpc) is 2.70. The van der Waals surface area contributed by atoms with Crippen LogP contribution < -0.4 is 4.72 Å². The summed E-state index contributed by atoms with van der Waals surface area (Å²) in [4.78, 5) is 4.12. The van der Waals surface area contributed by atoms with Gasteiger partial charge in [0.15, 0.2) is 4.60 Å². The Bertz CT molecular complexity index is 636. The monoisotopic (exact) mass is 345 g/mol. The lowest BCUT2D eigenvalue weighted by Crippen LogP contribution is -2.28. The number of rotatable bonds is 5. The lowest BCUT2D eigenvalue weighted by atomic mass is 10.3. The Labute approximate surface area is 119 Å². The van der Waals surface area contributed by atoms with E-state index in [9.17, 15) is 8.42 Å². The van der Waals surface area contributed by atoms with Crippen LogP contribution in [0.25, 0.3) is 0 Å². The van der Waals surface area contributed by atoms with Gasteiger partial charge in [-0.1, -0.05) is 11.3 Å². The van der Waals surface area contributed by atoms with Crippen molar-refractivity contribution in [3.63, 3.8) is 0 Å². The Morgan fingerprint density at radius 1 is 1.42 bits per heavy atom. The van der Waals surface area contributed by atoms with Gasteiger partial charge in [-0.25, -0.2) is 17.8 Å². The van der Waals surface area contributed by atoms with Crippen LogP contribution >= 0.6 is 15.9 Å². The molecule has 9 heteroatoms. The quantitative estimate of drug-likeness (QED) is 0.851. The second kappa shape index (κ2) is 5.76. The molecule has 2 aromatic heterocycles. The number of aromatic nitrogens is 4. The average molecular weight is 346 g/mol. The van der Waals surface area contributed by atoms with E-state index in [1.54, 1.807) is 6.20 Å². The fourth-order valence-electron chi connectivity index (χ4n) is 1.54. The maximum Gasteiger partial charge on any atom is 0.260 e. The van der Waals surface area contributed by atoms with Gasteiger partial charge in [-0.05, 0) is 28.1 Å². The SMILES string of the molecule is Cn1nnc(Br)c1S(=O)(=O)NCCc1ccccn1. The fourth-order valence-corrected chi connectivity index (χ4v) is 3.66. The maximum atomic E-state index is 12.1. The van der Waals surface area contributed by atoms with Crippen LogP contribution in [0.4, 0.5) is 0 Å². The summed E-state index contributed by atoms with van der Waals surface area (Å²) < 4.78 is 28.0. The number of halogens is 1. The molecule has 1 N–H and O–H groups in total. The summed E-state index contributed by atoms with van der Waals surface area (Å²) in [7, 11) is -2.12. The molecule has 0 saturated heterocycles. The van der Waals surface area contributed by atoms with E-state index in [1.807, 2.05) is 18.2 Å². The molecule has 2 heterocycles. The van der Waals surface area contributed by atoms with Crippen molar-refractivity contribution in [1.82, 2.24) is 24.7 Å². The summed E-state index contributed by atoms with van der Waals surface area (Å²) in [5.41, 5.74) is 0.826. The molecule has 2 aromatic rings. The first-order chi connectivity index (χ1) is 9.00. The molecule has 0 spiro atoms. The van der Waals surface area contributed by atoms with Crippen LogP contribution in [0.5, 0.6) is 0 Å². The lowest BCUT2D eigenvalue weighted by molar-refractivity contribution is 0.560. The molecule has 0 aliphatic rings. The van der Waals surface area contributed by atoms with Crippen molar-refractivity contribution in [3.8, 4) is 0 Å². The zero-order valence-corrected chi connectivity index (χ0v) is 12.5. The van der Waals surface area contributed by atoms with Crippen molar-refractivity contribution >= 4 is 26.0 Å². The third kappa shape index (κ3) is 3.37. The fraction of sp³-hybridized carbons (Fsp3) is 0.300. The smallest absolute Gasteiger partial charge is 0.260 e. The van der Waals surface area contributed by atoms with Gasteiger partial charge in [0, 0.05) is 31.9 Å². The van der Waals surface area contributed by atoms with E-state index >= 15 is 0 Å². The molecular formula is C10H12BrN5O2S. The molecule has 0 bridgehead atoms. The van der Waals surface area contributed by atoms with E-state index < -0.39 is 10.0 Å². The number of nitrogens with zero attached hydrogens (tertiary/aromatic N) is 4. The van der Waals surface area contributed by atoms with E-state index in [0.717, 1.165) is 5.69 Å². The summed E-state index contributed by atoms with van der Waals surface area (Å²) >= 11 is 3.06. The van der Waals surface area contributed by atoms with E-state index in [0.29, 0.717) is 6.42 Å². The largest absolute Gasteiger partial charge is 0.261 e. The first-order valence-electron chi connectivity index (χ1n) is 5.45. The van der Waals surface area contributed by atoms with Gasteiger partial charge in [-0.15, -0.1) is 5.10 Å². The normalized spacial score (nSPS) is 11.7. The Morgan fingerprint density at radius 2 is 2.21 bits per heavy atom. The number of sulfonamides is 1. The minimum Gasteiger partial charge on any atom is -0.261 e. The highest BCUT2D eigenvalue weighted by Crippen LogP contribution is 2.17. The Kier molecular flexibility index (Phi) is 4.27. The van der Waals surface area contributed by atoms with E-state index in [1.165, 1.54) is 11.7 Å². The summed E-state index contributed by atoms with van der Waals surface area (Å²) in [6, 6.07) is 5.51. The van der Waals surface area contributed by atoms with Gasteiger partial charge < -0.3 is 0 Å². The first kappa shape index (κ1) is 14.1. The van der Waals surface area contributed by atoms with Gasteiger partial charge in [0.05, 0.1) is 0 Å². The second-order valence-corrected chi connectivity index (χ2v) is 6.21. The third-order valence-electron chi connectivity index (χ3n) is 2.39. The van der Waals surface area contributed by atoms with Gasteiger partial charge in [0.25, 0.3) is 10.0 Å². The number of hydrogen-bond donors (Lipinski definition) is 1. The second-order valence-electron chi connectivity index (χ2n) is 3.78. The number of aryl methyl sites for hydroxylation is 1. The molecule has 7 nitrogen and oxygen atoms in total. The van der Waals surface area contributed by atoms with Crippen molar-refractivity contribution in [1.29, 1.82) is 0 Å². The van der Waals surface area contributed by atoms with Gasteiger partial charge >= 0.3 is 0 Å². The Morgan fingerprint density at radius 3 is 2.79 bits per heavy atom. The predicted octanol–water partition coefficient (Wildman–Crippen LogP) is 0.494. The maximum absolute atomic E-state index is 12.1. The van der Waals surface area contributed by atoms with E-state index in [2.05, 4.69) is 35.9 Å². The molecular weight excluding hydrogens is 334 g/mol. The molecule has 0 aromatic carbocycles. The molecule has 0 aliphatic carbocycles. The molecule has 0 radical (unpaired) electrons. The topological polar surface area (TPSA) is 89.8 Å². The summed E-state index contributed by atoms with van der Waals surface area (Å²) in [5.74, 6) is 0. The van der Waals surface area contributed by atoms with Crippen LogP contribution in [0.15, 0.2) is 34.0 Å². The Balaban J connectivity index is 2.03. The molecule has 102 valence electrons. The Hall–Kier alpha value is -1.32. The lowest BCUT2D eigenvalue weighted by Gasteiger charge is -2.06. The van der Waals surface area contributed by atoms with E-state index in [4.69, 9.17) is 0 Å². The minimum atomic E-state index is -3.64. The molecule has 2 rings (SSSR count). The van der Waals surface area contributed by atoms with Crippen molar-refractivity contribution in [3.05, 3.63) is 34.7 Å². The zero-order chi connectivity index (χ0) is 13.9. The van der Waals surface area contributed by atoms with Crippen LogP contribution in [0.1, 0.15) is 5.69 Å². The number of nitrogens with one attached hydrogen (secondary N) is 1. The number of hydrogen-bond acceptors (Lipinski definition) is 5. The van der Waals surface area contributed by atoms with Crippen LogP contribution in [0.2, 0.25) is 0 Å². The third-order valence-corrected chi connectivity index (χ3v) is 4.74. The first-order valence-corrected chi connectivity index (χ1v) is 7.73. The standard InChI is InChI=1S/C10H12BrN5O2S/c1-16-10(9(11)14-15-16)19(17,18)13-7-5-8-4-2-3-6-12-8/h2-4,6,13H,5,7H2,1H3. The highest BCUT2D eigenvalue weighted by molar-refractivity contribution is 9.10. The van der Waals surface area contributed by atoms with Gasteiger partial charge in [0.2, 0.25) is 5.03 Å². The molecule has 0 saturated carbocycles. The molecule has 19 heavy (non-hydrogen) atoms. The van der Waals surface area contributed by atoms with Crippen molar-refractivity contribution in [2.75, 3.05) is 6.54 Å². The van der Waals surface area contributed by atoms with Crippen molar-refractivity contribution < 1.29 is 8.42 Å². The summed E-state index contributed by atoms with van der Waals surface area (Å²) in [6.07, 6.45) is 2.19. The molecule has 0 amide bonds. The summed E-state index contributed by atoms with van der Waals surface area (Å²) in [6.45, 7) is 0.261. The molecule has 0 aliphatic heterocycles. The van der Waals surface area contributed by atoms with Gasteiger partial charge in [0.1, 0.15) is 0 Å². The predicted molar refractivity (Wildman–Crippen MR) is 71.8 cm³/mol. The molecule has 0 unspecified atom stereocenters. The highest BCUT2D eigenvalue weighted by Gasteiger charge is 2.23. The zero-order valence-electron chi connectivity index (χ0n) is 10.1. The number of pyridine rings is 1. The van der Waals surface area contributed by atoms with Crippen LogP contribution in [0, 0.1) is 0 Å². The van der Waals surface area contributed by atoms with Crippen molar-refractivity contribution in [2.45, 2.75) is 11.4 Å². The van der Waals surface area contributed by atoms with Gasteiger partial charge in [-0.2, -0.15) is 0 Å². The highest BCUT2D eigenvalue weighted by atomic mass is 79.9.